The molecule has 2 aromatic rings. The quantitative estimate of drug-likeness (QED) is 0.457. The maximum atomic E-state index is 12.4. The third kappa shape index (κ3) is 6.52. The largest absolute Gasteiger partial charge is 0.462 e. The maximum absolute atomic E-state index is 12.4. The lowest BCUT2D eigenvalue weighted by molar-refractivity contribution is -0.153. The van der Waals surface area contributed by atoms with Crippen LogP contribution in [0.3, 0.4) is 0 Å². The summed E-state index contributed by atoms with van der Waals surface area (Å²) in [7, 11) is 0. The number of ether oxygens (including phenoxy) is 3. The Balaban J connectivity index is 1.79. The number of hydrogen-bond donors (Lipinski definition) is 1. The van der Waals surface area contributed by atoms with E-state index in [1.807, 2.05) is 0 Å². The number of benzene rings is 2. The van der Waals surface area contributed by atoms with Crippen LogP contribution in [-0.4, -0.2) is 47.4 Å². The molecule has 0 bridgehead atoms. The van der Waals surface area contributed by atoms with Crippen LogP contribution in [0.25, 0.3) is 0 Å². The van der Waals surface area contributed by atoms with Gasteiger partial charge in [0, 0.05) is 6.42 Å². The van der Waals surface area contributed by atoms with Crippen LogP contribution in [0.2, 0.25) is 0 Å². The Bertz CT molecular complexity index is 923. The zero-order valence-electron chi connectivity index (χ0n) is 17.0. The average molecular weight is 424 g/mol. The zero-order valence-corrected chi connectivity index (χ0v) is 17.0. The summed E-state index contributed by atoms with van der Waals surface area (Å²) in [4.78, 5) is 37.0. The molecule has 1 N–H and O–H groups in total. The first kappa shape index (κ1) is 22.2. The summed E-state index contributed by atoms with van der Waals surface area (Å²) in [5, 5.41) is 10.5. The van der Waals surface area contributed by atoms with E-state index in [4.69, 9.17) is 14.2 Å². The standard InChI is InChI=1S/C24H24O7/c1-16-14-19(30-23(27)17-8-4-2-5-9-17)12-13-21(20(25)15-22(26)29-16)31-24(28)18-10-6-3-7-11-18/h2-13,16,19-21,25H,14-15H2,1H3/b13-12+. The molecule has 0 spiro atoms. The molecule has 4 atom stereocenters. The Hall–Kier alpha value is -3.45. The van der Waals surface area contributed by atoms with Crippen molar-refractivity contribution in [1.82, 2.24) is 0 Å². The number of aliphatic hydroxyl groups is 1. The lowest BCUT2D eigenvalue weighted by Gasteiger charge is -2.25. The van der Waals surface area contributed by atoms with Crippen LogP contribution in [0.5, 0.6) is 0 Å². The van der Waals surface area contributed by atoms with E-state index in [1.54, 1.807) is 73.7 Å². The number of carbonyl (C=O) groups is 3. The van der Waals surface area contributed by atoms with Crippen molar-refractivity contribution in [1.29, 1.82) is 0 Å². The van der Waals surface area contributed by atoms with Gasteiger partial charge in [0.05, 0.1) is 17.5 Å². The minimum absolute atomic E-state index is 0.219. The minimum atomic E-state index is -1.31. The van der Waals surface area contributed by atoms with E-state index in [0.29, 0.717) is 11.1 Å². The number of cyclic esters (lactones) is 1. The highest BCUT2D eigenvalue weighted by atomic mass is 16.6. The fourth-order valence-electron chi connectivity index (χ4n) is 3.13. The van der Waals surface area contributed by atoms with Gasteiger partial charge in [0.15, 0.2) is 0 Å². The average Bonchev–Trinajstić information content (AvgIpc) is 2.76. The highest BCUT2D eigenvalue weighted by molar-refractivity contribution is 5.90. The van der Waals surface area contributed by atoms with Crippen molar-refractivity contribution in [2.75, 3.05) is 0 Å². The van der Waals surface area contributed by atoms with Crippen LogP contribution in [0.1, 0.15) is 40.5 Å². The molecule has 0 saturated carbocycles. The number of carbonyl (C=O) groups excluding carboxylic acids is 3. The molecule has 7 nitrogen and oxygen atoms in total. The van der Waals surface area contributed by atoms with Gasteiger partial charge in [-0.3, -0.25) is 4.79 Å². The Morgan fingerprint density at radius 1 is 0.903 bits per heavy atom. The predicted molar refractivity (Wildman–Crippen MR) is 111 cm³/mol. The molecule has 162 valence electrons. The summed E-state index contributed by atoms with van der Waals surface area (Å²) < 4.78 is 16.2. The van der Waals surface area contributed by atoms with E-state index in [2.05, 4.69) is 0 Å². The maximum Gasteiger partial charge on any atom is 0.338 e. The second kappa shape index (κ2) is 10.5. The van der Waals surface area contributed by atoms with Crippen molar-refractivity contribution in [3.8, 4) is 0 Å². The Morgan fingerprint density at radius 2 is 1.45 bits per heavy atom. The number of rotatable bonds is 4. The number of hydrogen-bond acceptors (Lipinski definition) is 7. The van der Waals surface area contributed by atoms with Crippen LogP contribution in [0.4, 0.5) is 0 Å². The van der Waals surface area contributed by atoms with Crippen molar-refractivity contribution in [3.63, 3.8) is 0 Å². The van der Waals surface area contributed by atoms with Gasteiger partial charge in [0.1, 0.15) is 24.4 Å². The van der Waals surface area contributed by atoms with Gasteiger partial charge in [-0.2, -0.15) is 0 Å². The van der Waals surface area contributed by atoms with Crippen molar-refractivity contribution < 1.29 is 33.7 Å². The molecule has 0 radical (unpaired) electrons. The van der Waals surface area contributed by atoms with Crippen LogP contribution < -0.4 is 0 Å². The molecule has 31 heavy (non-hydrogen) atoms. The normalized spacial score (nSPS) is 25.0. The third-order valence-corrected chi connectivity index (χ3v) is 4.69. The van der Waals surface area contributed by atoms with Gasteiger partial charge >= 0.3 is 17.9 Å². The fraction of sp³-hybridized carbons (Fsp3) is 0.292. The predicted octanol–water partition coefficient (Wildman–Crippen LogP) is 3.08. The van der Waals surface area contributed by atoms with Crippen LogP contribution in [0, 0.1) is 0 Å². The minimum Gasteiger partial charge on any atom is -0.462 e. The Morgan fingerprint density at radius 3 is 2.03 bits per heavy atom. The zero-order chi connectivity index (χ0) is 22.2. The van der Waals surface area contributed by atoms with Gasteiger partial charge in [0.2, 0.25) is 0 Å². The van der Waals surface area contributed by atoms with Gasteiger partial charge in [-0.25, -0.2) is 9.59 Å². The van der Waals surface area contributed by atoms with Crippen LogP contribution in [0.15, 0.2) is 72.8 Å². The molecule has 3 rings (SSSR count). The molecule has 0 aromatic heterocycles. The molecule has 0 saturated heterocycles. The summed E-state index contributed by atoms with van der Waals surface area (Å²) in [5.41, 5.74) is 0.688. The Labute approximate surface area is 180 Å². The SMILES string of the molecule is CC1CC(OC(=O)c2ccccc2)/C=C/C(OC(=O)c2ccccc2)C(O)CC(=O)O1. The lowest BCUT2D eigenvalue weighted by atomic mass is 10.1. The van der Waals surface area contributed by atoms with Crippen molar-refractivity contribution in [3.05, 3.63) is 83.9 Å². The molecule has 7 heteroatoms. The van der Waals surface area contributed by atoms with E-state index in [9.17, 15) is 19.5 Å². The van der Waals surface area contributed by atoms with Crippen molar-refractivity contribution in [2.45, 2.75) is 44.2 Å². The molecule has 0 fully saturated rings. The monoisotopic (exact) mass is 424 g/mol. The van der Waals surface area contributed by atoms with Crippen molar-refractivity contribution >= 4 is 17.9 Å². The van der Waals surface area contributed by atoms with E-state index >= 15 is 0 Å². The highest BCUT2D eigenvalue weighted by Gasteiger charge is 2.28. The van der Waals surface area contributed by atoms with E-state index in [1.165, 1.54) is 6.08 Å². The van der Waals surface area contributed by atoms with Gasteiger partial charge in [-0.1, -0.05) is 36.4 Å². The first-order valence-corrected chi connectivity index (χ1v) is 10.0. The topological polar surface area (TPSA) is 99.1 Å². The molecule has 2 aromatic carbocycles. The second-order valence-corrected chi connectivity index (χ2v) is 7.24. The molecule has 0 amide bonds. The molecule has 4 unspecified atom stereocenters. The first-order valence-electron chi connectivity index (χ1n) is 10.0. The van der Waals surface area contributed by atoms with Gasteiger partial charge in [-0.15, -0.1) is 0 Å². The summed E-state index contributed by atoms with van der Waals surface area (Å²) in [6.07, 6.45) is -0.854. The molecule has 0 aliphatic carbocycles. The summed E-state index contributed by atoms with van der Waals surface area (Å²) in [5.74, 6) is -1.82. The molecular formula is C24H24O7. The van der Waals surface area contributed by atoms with E-state index in [-0.39, 0.29) is 12.8 Å². The molecule has 1 aliphatic heterocycles. The molecular weight excluding hydrogens is 400 g/mol. The lowest BCUT2D eigenvalue weighted by Crippen LogP contribution is -2.35. The van der Waals surface area contributed by atoms with Gasteiger partial charge in [0.25, 0.3) is 0 Å². The van der Waals surface area contributed by atoms with Crippen molar-refractivity contribution in [2.24, 2.45) is 0 Å². The number of esters is 3. The summed E-state index contributed by atoms with van der Waals surface area (Å²) >= 11 is 0. The Kier molecular flexibility index (Phi) is 7.56. The number of aliphatic hydroxyl groups excluding tert-OH is 1. The van der Waals surface area contributed by atoms with Gasteiger partial charge < -0.3 is 19.3 Å². The smallest absolute Gasteiger partial charge is 0.338 e. The van der Waals surface area contributed by atoms with Gasteiger partial charge in [-0.05, 0) is 43.3 Å². The molecule has 1 heterocycles. The summed E-state index contributed by atoms with van der Waals surface area (Å²) in [6, 6.07) is 16.8. The van der Waals surface area contributed by atoms with E-state index in [0.717, 1.165) is 0 Å². The third-order valence-electron chi connectivity index (χ3n) is 4.69. The highest BCUT2D eigenvalue weighted by Crippen LogP contribution is 2.18. The molecule has 1 aliphatic rings. The second-order valence-electron chi connectivity index (χ2n) is 7.24. The first-order chi connectivity index (χ1) is 14.9. The van der Waals surface area contributed by atoms with Crippen LogP contribution in [-0.2, 0) is 19.0 Å². The van der Waals surface area contributed by atoms with Crippen LogP contribution >= 0.6 is 0 Å². The fourth-order valence-corrected chi connectivity index (χ4v) is 3.13. The summed E-state index contributed by atoms with van der Waals surface area (Å²) in [6.45, 7) is 1.68. The van der Waals surface area contributed by atoms with E-state index < -0.39 is 42.3 Å².